The third kappa shape index (κ3) is 7.15. The van der Waals surface area contributed by atoms with E-state index in [-0.39, 0.29) is 17.3 Å². The van der Waals surface area contributed by atoms with Crippen LogP contribution in [-0.4, -0.2) is 34.6 Å². The molecule has 1 amide bonds. The van der Waals surface area contributed by atoms with Crippen molar-refractivity contribution >= 4 is 33.6 Å². The summed E-state index contributed by atoms with van der Waals surface area (Å²) in [5.74, 6) is -0.247. The first-order valence-electron chi connectivity index (χ1n) is 8.20. The number of hydrogen-bond acceptors (Lipinski definition) is 4. The first kappa shape index (κ1) is 21.1. The van der Waals surface area contributed by atoms with E-state index in [1.165, 1.54) is 25.3 Å². The molecule has 0 heterocycles. The number of nitrogens with one attached hydrogen (secondary N) is 2. The number of sulfonamides is 1. The molecule has 6 nitrogen and oxygen atoms in total. The fraction of sp³-hybridized carbons (Fsp3) is 0.211. The van der Waals surface area contributed by atoms with E-state index < -0.39 is 10.0 Å². The number of carbonyl (C=O) groups is 1. The van der Waals surface area contributed by atoms with Crippen molar-refractivity contribution in [2.75, 3.05) is 20.3 Å². The van der Waals surface area contributed by atoms with Gasteiger partial charge in [0.2, 0.25) is 15.9 Å². The van der Waals surface area contributed by atoms with Gasteiger partial charge in [-0.05, 0) is 41.5 Å². The zero-order chi connectivity index (χ0) is 19.7. The zero-order valence-electron chi connectivity index (χ0n) is 14.8. The van der Waals surface area contributed by atoms with Crippen LogP contribution in [0.5, 0.6) is 0 Å². The lowest BCUT2D eigenvalue weighted by molar-refractivity contribution is -0.116. The number of rotatable bonds is 9. The summed E-state index contributed by atoms with van der Waals surface area (Å²) in [6.45, 7) is 0.796. The minimum absolute atomic E-state index is 0.163. The first-order chi connectivity index (χ1) is 12.9. The van der Waals surface area contributed by atoms with E-state index in [1.54, 1.807) is 30.3 Å². The van der Waals surface area contributed by atoms with Gasteiger partial charge in [-0.1, -0.05) is 35.9 Å². The number of benzene rings is 2. The minimum atomic E-state index is -3.56. The maximum atomic E-state index is 12.1. The van der Waals surface area contributed by atoms with E-state index in [1.807, 2.05) is 12.1 Å². The van der Waals surface area contributed by atoms with Crippen LogP contribution in [-0.2, 0) is 26.1 Å². The van der Waals surface area contributed by atoms with Gasteiger partial charge in [0.1, 0.15) is 0 Å². The summed E-state index contributed by atoms with van der Waals surface area (Å²) in [7, 11) is -2.06. The molecular weight excluding hydrogens is 388 g/mol. The molecule has 2 N–H and O–H groups in total. The Kier molecular flexibility index (Phi) is 7.99. The summed E-state index contributed by atoms with van der Waals surface area (Å²) in [4.78, 5) is 12.1. The van der Waals surface area contributed by atoms with Crippen molar-refractivity contribution in [3.8, 4) is 0 Å². The average Bonchev–Trinajstić information content (AvgIpc) is 2.66. The minimum Gasteiger partial charge on any atom is -0.383 e. The Morgan fingerprint density at radius 1 is 1.11 bits per heavy atom. The van der Waals surface area contributed by atoms with Crippen LogP contribution >= 0.6 is 11.6 Å². The summed E-state index contributed by atoms with van der Waals surface area (Å²) in [5, 5.41) is 3.38. The number of ether oxygens (including phenoxy) is 1. The lowest BCUT2D eigenvalue weighted by Gasteiger charge is -2.07. The lowest BCUT2D eigenvalue weighted by Crippen LogP contribution is -2.27. The van der Waals surface area contributed by atoms with Crippen molar-refractivity contribution in [1.82, 2.24) is 10.0 Å². The molecule has 2 aromatic carbocycles. The second-order valence-corrected chi connectivity index (χ2v) is 7.84. The monoisotopic (exact) mass is 408 g/mol. The summed E-state index contributed by atoms with van der Waals surface area (Å²) >= 11 is 5.81. The third-order valence-electron chi connectivity index (χ3n) is 3.60. The Bertz CT molecular complexity index is 879. The molecule has 0 aliphatic carbocycles. The van der Waals surface area contributed by atoms with E-state index in [2.05, 4.69) is 10.0 Å². The number of amides is 1. The molecule has 0 aliphatic heterocycles. The van der Waals surface area contributed by atoms with Gasteiger partial charge in [0.25, 0.3) is 0 Å². The van der Waals surface area contributed by atoms with Crippen LogP contribution in [0.25, 0.3) is 6.08 Å². The largest absolute Gasteiger partial charge is 0.383 e. The van der Waals surface area contributed by atoms with Gasteiger partial charge >= 0.3 is 0 Å². The molecule has 2 rings (SSSR count). The highest BCUT2D eigenvalue weighted by Gasteiger charge is 2.12. The number of hydrogen-bond donors (Lipinski definition) is 2. The lowest BCUT2D eigenvalue weighted by atomic mass is 10.2. The van der Waals surface area contributed by atoms with Crippen LogP contribution in [0.2, 0.25) is 5.02 Å². The van der Waals surface area contributed by atoms with Crippen molar-refractivity contribution < 1.29 is 17.9 Å². The maximum absolute atomic E-state index is 12.1. The molecule has 0 spiro atoms. The zero-order valence-corrected chi connectivity index (χ0v) is 16.4. The Morgan fingerprint density at radius 2 is 1.78 bits per heavy atom. The summed E-state index contributed by atoms with van der Waals surface area (Å²) in [5.41, 5.74) is 1.66. The molecule has 0 saturated heterocycles. The van der Waals surface area contributed by atoms with Crippen molar-refractivity contribution in [2.45, 2.75) is 11.4 Å². The van der Waals surface area contributed by atoms with E-state index in [4.69, 9.17) is 16.3 Å². The van der Waals surface area contributed by atoms with Gasteiger partial charge < -0.3 is 10.1 Å². The summed E-state index contributed by atoms with van der Waals surface area (Å²) < 4.78 is 31.4. The molecule has 8 heteroatoms. The first-order valence-corrected chi connectivity index (χ1v) is 10.1. The van der Waals surface area contributed by atoms with Gasteiger partial charge in [-0.25, -0.2) is 13.1 Å². The van der Waals surface area contributed by atoms with Gasteiger partial charge in [0.15, 0.2) is 0 Å². The molecule has 0 bridgehead atoms. The molecule has 27 heavy (non-hydrogen) atoms. The summed E-state index contributed by atoms with van der Waals surface area (Å²) in [6, 6.07) is 13.4. The Balaban J connectivity index is 1.87. The van der Waals surface area contributed by atoms with Crippen molar-refractivity contribution in [1.29, 1.82) is 0 Å². The van der Waals surface area contributed by atoms with Gasteiger partial charge in [-0.15, -0.1) is 0 Å². The molecule has 144 valence electrons. The quantitative estimate of drug-likeness (QED) is 0.493. The molecule has 0 fully saturated rings. The van der Waals surface area contributed by atoms with Gasteiger partial charge in [-0.3, -0.25) is 4.79 Å². The molecule has 0 unspecified atom stereocenters. The number of methoxy groups -OCH3 is 1. The molecule has 0 aromatic heterocycles. The normalized spacial score (nSPS) is 11.6. The van der Waals surface area contributed by atoms with Crippen LogP contribution in [0.1, 0.15) is 11.1 Å². The smallest absolute Gasteiger partial charge is 0.244 e. The maximum Gasteiger partial charge on any atom is 0.244 e. The predicted molar refractivity (Wildman–Crippen MR) is 106 cm³/mol. The standard InChI is InChI=1S/C19H21ClN2O4S/c1-26-13-12-22-27(24,25)18-9-4-16(5-10-18)14-21-19(23)11-6-15-2-7-17(20)8-3-15/h2-11,22H,12-14H2,1H3,(H,21,23)/b11-6+. The predicted octanol–water partition coefficient (Wildman–Crippen LogP) is 2.59. The van der Waals surface area contributed by atoms with E-state index in [0.29, 0.717) is 18.2 Å². The Morgan fingerprint density at radius 3 is 2.41 bits per heavy atom. The second kappa shape index (κ2) is 10.2. The van der Waals surface area contributed by atoms with E-state index in [0.717, 1.165) is 11.1 Å². The van der Waals surface area contributed by atoms with Crippen LogP contribution in [0, 0.1) is 0 Å². The topological polar surface area (TPSA) is 84.5 Å². The van der Waals surface area contributed by atoms with Crippen LogP contribution in [0.4, 0.5) is 0 Å². The van der Waals surface area contributed by atoms with E-state index >= 15 is 0 Å². The second-order valence-electron chi connectivity index (χ2n) is 5.64. The molecule has 0 saturated carbocycles. The van der Waals surface area contributed by atoms with E-state index in [9.17, 15) is 13.2 Å². The molecule has 0 atom stereocenters. The SMILES string of the molecule is COCCNS(=O)(=O)c1ccc(CNC(=O)/C=C/c2ccc(Cl)cc2)cc1. The van der Waals surface area contributed by atoms with Crippen molar-refractivity contribution in [3.63, 3.8) is 0 Å². The molecule has 0 aliphatic rings. The summed E-state index contributed by atoms with van der Waals surface area (Å²) in [6.07, 6.45) is 3.12. The van der Waals surface area contributed by atoms with Crippen LogP contribution in [0.15, 0.2) is 59.5 Å². The Labute approximate surface area is 164 Å². The highest BCUT2D eigenvalue weighted by molar-refractivity contribution is 7.89. The highest BCUT2D eigenvalue weighted by atomic mass is 35.5. The third-order valence-corrected chi connectivity index (χ3v) is 5.32. The van der Waals surface area contributed by atoms with Crippen LogP contribution < -0.4 is 10.0 Å². The van der Waals surface area contributed by atoms with Crippen molar-refractivity contribution in [2.24, 2.45) is 0 Å². The Hall–Kier alpha value is -2.19. The number of halogens is 1. The number of carbonyl (C=O) groups excluding carboxylic acids is 1. The van der Waals surface area contributed by atoms with Gasteiger partial charge in [-0.2, -0.15) is 0 Å². The average molecular weight is 409 g/mol. The fourth-order valence-electron chi connectivity index (χ4n) is 2.14. The van der Waals surface area contributed by atoms with Crippen LogP contribution in [0.3, 0.4) is 0 Å². The van der Waals surface area contributed by atoms with Gasteiger partial charge in [0, 0.05) is 31.3 Å². The molecule has 2 aromatic rings. The molecule has 0 radical (unpaired) electrons. The van der Waals surface area contributed by atoms with Gasteiger partial charge in [0.05, 0.1) is 11.5 Å². The fourth-order valence-corrected chi connectivity index (χ4v) is 3.28. The van der Waals surface area contributed by atoms with Crippen molar-refractivity contribution in [3.05, 3.63) is 70.8 Å². The highest BCUT2D eigenvalue weighted by Crippen LogP contribution is 2.11. The molecular formula is C19H21ClN2O4S.